The molecule has 0 aliphatic carbocycles. The first-order chi connectivity index (χ1) is 5.11. The average molecular weight is 153 g/mol. The lowest BCUT2D eigenvalue weighted by atomic mass is 10.1. The van der Waals surface area contributed by atoms with Gasteiger partial charge in [0.15, 0.2) is 0 Å². The Labute approximate surface area is 67.9 Å². The van der Waals surface area contributed by atoms with E-state index < -0.39 is 0 Å². The largest absolute Gasteiger partial charge is 0.336 e. The average Bonchev–Trinajstić information content (AvgIpc) is 1.85. The van der Waals surface area contributed by atoms with E-state index in [4.69, 9.17) is 0 Å². The van der Waals surface area contributed by atoms with Crippen LogP contribution in [0.2, 0.25) is 0 Å². The minimum Gasteiger partial charge on any atom is -0.336 e. The molecular weight excluding hydrogens is 138 g/mol. The third-order valence-corrected chi connectivity index (χ3v) is 2.17. The molecule has 0 bridgehead atoms. The lowest BCUT2D eigenvalue weighted by Gasteiger charge is -2.30. The summed E-state index contributed by atoms with van der Waals surface area (Å²) < 4.78 is 0. The van der Waals surface area contributed by atoms with Crippen molar-refractivity contribution in [2.45, 2.75) is 33.2 Å². The quantitative estimate of drug-likeness (QED) is 0.484. The number of carbonyl (C=O) groups is 1. The second-order valence-electron chi connectivity index (χ2n) is 3.22. The predicted molar refractivity (Wildman–Crippen MR) is 45.2 cm³/mol. The van der Waals surface area contributed by atoms with E-state index in [1.807, 2.05) is 4.90 Å². The zero-order valence-electron chi connectivity index (χ0n) is 7.42. The Morgan fingerprint density at radius 2 is 2.36 bits per heavy atom. The van der Waals surface area contributed by atoms with Gasteiger partial charge in [0.25, 0.3) is 0 Å². The summed E-state index contributed by atoms with van der Waals surface area (Å²) in [4.78, 5) is 12.9. The molecule has 0 aromatic carbocycles. The Hall–Kier alpha value is -0.790. The van der Waals surface area contributed by atoms with Crippen LogP contribution in [-0.4, -0.2) is 23.4 Å². The van der Waals surface area contributed by atoms with Crippen molar-refractivity contribution in [1.29, 1.82) is 0 Å². The number of carbonyl (C=O) groups excluding carboxylic acids is 1. The van der Waals surface area contributed by atoms with Crippen LogP contribution in [0.15, 0.2) is 11.6 Å². The zero-order chi connectivity index (χ0) is 8.43. The molecule has 0 radical (unpaired) electrons. The van der Waals surface area contributed by atoms with Crippen LogP contribution >= 0.6 is 0 Å². The third kappa shape index (κ3) is 1.82. The summed E-state index contributed by atoms with van der Waals surface area (Å²) in [6.45, 7) is 6.70. The van der Waals surface area contributed by atoms with Gasteiger partial charge in [0, 0.05) is 19.5 Å². The van der Waals surface area contributed by atoms with E-state index in [0.717, 1.165) is 13.0 Å². The standard InChI is InChI=1S/C9H15NO/c1-7-4-5-10(9(3)11)8(2)6-7/h6,8H,4-5H2,1-3H3. The van der Waals surface area contributed by atoms with Crippen LogP contribution in [-0.2, 0) is 4.79 Å². The second kappa shape index (κ2) is 3.07. The Bertz CT molecular complexity index is 196. The van der Waals surface area contributed by atoms with Crippen LogP contribution in [0.3, 0.4) is 0 Å². The maximum Gasteiger partial charge on any atom is 0.219 e. The molecule has 0 N–H and O–H groups in total. The minimum absolute atomic E-state index is 0.182. The summed E-state index contributed by atoms with van der Waals surface area (Å²) in [5.74, 6) is 0.182. The summed E-state index contributed by atoms with van der Waals surface area (Å²) in [6.07, 6.45) is 3.19. The highest BCUT2D eigenvalue weighted by atomic mass is 16.2. The van der Waals surface area contributed by atoms with E-state index in [1.54, 1.807) is 6.92 Å². The molecule has 1 aliphatic heterocycles. The van der Waals surface area contributed by atoms with Crippen LogP contribution in [0.25, 0.3) is 0 Å². The van der Waals surface area contributed by atoms with E-state index in [1.165, 1.54) is 5.57 Å². The molecule has 0 saturated carbocycles. The molecule has 0 aromatic rings. The fraction of sp³-hybridized carbons (Fsp3) is 0.667. The molecule has 11 heavy (non-hydrogen) atoms. The van der Waals surface area contributed by atoms with Gasteiger partial charge < -0.3 is 4.90 Å². The topological polar surface area (TPSA) is 20.3 Å². The van der Waals surface area contributed by atoms with Gasteiger partial charge in [-0.05, 0) is 20.3 Å². The number of hydrogen-bond donors (Lipinski definition) is 0. The van der Waals surface area contributed by atoms with Gasteiger partial charge in [0.05, 0.1) is 0 Å². The predicted octanol–water partition coefficient (Wildman–Crippen LogP) is 1.57. The highest BCUT2D eigenvalue weighted by Crippen LogP contribution is 2.15. The third-order valence-electron chi connectivity index (χ3n) is 2.17. The fourth-order valence-electron chi connectivity index (χ4n) is 1.53. The van der Waals surface area contributed by atoms with E-state index >= 15 is 0 Å². The molecule has 2 nitrogen and oxygen atoms in total. The van der Waals surface area contributed by atoms with Crippen molar-refractivity contribution in [2.24, 2.45) is 0 Å². The van der Waals surface area contributed by atoms with Crippen LogP contribution in [0.5, 0.6) is 0 Å². The van der Waals surface area contributed by atoms with Crippen LogP contribution in [0, 0.1) is 0 Å². The molecule has 1 heterocycles. The van der Waals surface area contributed by atoms with Crippen molar-refractivity contribution in [3.63, 3.8) is 0 Å². The van der Waals surface area contributed by atoms with Crippen LogP contribution in [0.1, 0.15) is 27.2 Å². The summed E-state index contributed by atoms with van der Waals surface area (Å²) in [6, 6.07) is 0.293. The van der Waals surface area contributed by atoms with Gasteiger partial charge in [-0.2, -0.15) is 0 Å². The maximum atomic E-state index is 11.0. The number of amides is 1. The van der Waals surface area contributed by atoms with Gasteiger partial charge in [-0.3, -0.25) is 4.79 Å². The minimum atomic E-state index is 0.182. The van der Waals surface area contributed by atoms with Crippen molar-refractivity contribution in [3.05, 3.63) is 11.6 Å². The highest BCUT2D eigenvalue weighted by molar-refractivity contribution is 5.74. The molecule has 0 aromatic heterocycles. The number of rotatable bonds is 0. The van der Waals surface area contributed by atoms with Crippen LogP contribution < -0.4 is 0 Å². The first kappa shape index (κ1) is 8.31. The van der Waals surface area contributed by atoms with Crippen molar-refractivity contribution in [3.8, 4) is 0 Å². The Morgan fingerprint density at radius 1 is 1.73 bits per heavy atom. The molecule has 0 fully saturated rings. The number of hydrogen-bond acceptors (Lipinski definition) is 1. The van der Waals surface area contributed by atoms with Crippen molar-refractivity contribution in [2.75, 3.05) is 6.54 Å². The van der Waals surface area contributed by atoms with Gasteiger partial charge in [-0.1, -0.05) is 11.6 Å². The normalized spacial score (nSPS) is 24.8. The molecule has 1 unspecified atom stereocenters. The molecule has 0 spiro atoms. The molecule has 1 aliphatic rings. The molecule has 0 saturated heterocycles. The molecular formula is C9H15NO. The molecule has 1 atom stereocenters. The molecule has 2 heteroatoms. The van der Waals surface area contributed by atoms with E-state index in [-0.39, 0.29) is 5.91 Å². The van der Waals surface area contributed by atoms with Gasteiger partial charge >= 0.3 is 0 Å². The SMILES string of the molecule is CC(=O)N1CCC(C)=CC1C. The summed E-state index contributed by atoms with van der Waals surface area (Å²) in [5.41, 5.74) is 1.40. The smallest absolute Gasteiger partial charge is 0.219 e. The van der Waals surface area contributed by atoms with E-state index in [2.05, 4.69) is 19.9 Å². The van der Waals surface area contributed by atoms with Gasteiger partial charge in [-0.15, -0.1) is 0 Å². The van der Waals surface area contributed by atoms with Crippen LogP contribution in [0.4, 0.5) is 0 Å². The zero-order valence-corrected chi connectivity index (χ0v) is 7.42. The molecule has 62 valence electrons. The van der Waals surface area contributed by atoms with Gasteiger partial charge in [0.2, 0.25) is 5.91 Å². The number of nitrogens with zero attached hydrogens (tertiary/aromatic N) is 1. The van der Waals surface area contributed by atoms with Crippen molar-refractivity contribution >= 4 is 5.91 Å². The molecule has 1 amide bonds. The first-order valence-electron chi connectivity index (χ1n) is 4.06. The van der Waals surface area contributed by atoms with Gasteiger partial charge in [-0.25, -0.2) is 0 Å². The Balaban J connectivity index is 2.68. The lowest BCUT2D eigenvalue weighted by Crippen LogP contribution is -2.39. The second-order valence-corrected chi connectivity index (χ2v) is 3.22. The van der Waals surface area contributed by atoms with E-state index in [0.29, 0.717) is 6.04 Å². The van der Waals surface area contributed by atoms with Gasteiger partial charge in [0.1, 0.15) is 0 Å². The summed E-state index contributed by atoms with van der Waals surface area (Å²) in [7, 11) is 0. The lowest BCUT2D eigenvalue weighted by molar-refractivity contribution is -0.130. The van der Waals surface area contributed by atoms with E-state index in [9.17, 15) is 4.79 Å². The van der Waals surface area contributed by atoms with Crippen molar-refractivity contribution in [1.82, 2.24) is 4.90 Å². The summed E-state index contributed by atoms with van der Waals surface area (Å²) >= 11 is 0. The molecule has 1 rings (SSSR count). The Morgan fingerprint density at radius 3 is 2.82 bits per heavy atom. The monoisotopic (exact) mass is 153 g/mol. The Kier molecular flexibility index (Phi) is 2.32. The maximum absolute atomic E-state index is 11.0. The fourth-order valence-corrected chi connectivity index (χ4v) is 1.53. The van der Waals surface area contributed by atoms with Crippen molar-refractivity contribution < 1.29 is 4.79 Å². The first-order valence-corrected chi connectivity index (χ1v) is 4.06. The summed E-state index contributed by atoms with van der Waals surface area (Å²) in [5, 5.41) is 0. The highest BCUT2D eigenvalue weighted by Gasteiger charge is 2.18.